The number of fused-ring (bicyclic) bond motifs is 1. The lowest BCUT2D eigenvalue weighted by Gasteiger charge is -2.25. The number of carbonyl (C=O) groups is 2. The van der Waals surface area contributed by atoms with Crippen molar-refractivity contribution < 1.29 is 37.3 Å². The molecule has 0 aliphatic carbocycles. The summed E-state index contributed by atoms with van der Waals surface area (Å²) in [5, 5.41) is 18.4. The number of aromatic amines is 1. The fourth-order valence-electron chi connectivity index (χ4n) is 4.41. The van der Waals surface area contributed by atoms with Crippen molar-refractivity contribution in [3.8, 4) is 22.5 Å². The van der Waals surface area contributed by atoms with Gasteiger partial charge in [-0.2, -0.15) is 23.4 Å². The molecule has 1 aliphatic rings. The largest absolute Gasteiger partial charge is 0.490 e. The van der Waals surface area contributed by atoms with Gasteiger partial charge in [0, 0.05) is 37.5 Å². The molecule has 0 bridgehead atoms. The van der Waals surface area contributed by atoms with Crippen molar-refractivity contribution in [1.29, 1.82) is 0 Å². The zero-order valence-corrected chi connectivity index (χ0v) is 23.7. The molecule has 2 amide bonds. The molecular weight excluding hydrogens is 573 g/mol. The number of hydrogen-bond acceptors (Lipinski definition) is 8. The molecule has 5 rings (SSSR count). The highest BCUT2D eigenvalue weighted by Crippen LogP contribution is 2.31. The van der Waals surface area contributed by atoms with Crippen molar-refractivity contribution in [1.82, 2.24) is 34.7 Å². The van der Waals surface area contributed by atoms with Crippen LogP contribution in [0.15, 0.2) is 49.1 Å². The second-order valence-corrected chi connectivity index (χ2v) is 9.84. The minimum Gasteiger partial charge on any atom is -0.475 e. The summed E-state index contributed by atoms with van der Waals surface area (Å²) in [4.78, 5) is 35.1. The molecule has 2 N–H and O–H groups in total. The Bertz CT molecular complexity index is 1510. The van der Waals surface area contributed by atoms with Gasteiger partial charge in [-0.3, -0.25) is 10.00 Å². The van der Waals surface area contributed by atoms with Crippen molar-refractivity contribution in [2.75, 3.05) is 44.9 Å². The number of aromatic nitrogens is 6. The zero-order chi connectivity index (χ0) is 31.1. The maximum atomic E-state index is 13.4. The number of hydrogen-bond donors (Lipinski definition) is 2. The lowest BCUT2D eigenvalue weighted by Crippen LogP contribution is -2.38. The number of rotatable bonds is 10. The van der Waals surface area contributed by atoms with Gasteiger partial charge in [-0.1, -0.05) is 38.1 Å². The number of nitrogens with one attached hydrogen (secondary N) is 1. The number of aliphatic carboxylic acids is 1. The average molecular weight is 605 g/mol. The molecule has 1 saturated heterocycles. The van der Waals surface area contributed by atoms with Gasteiger partial charge in [0.25, 0.3) is 0 Å². The van der Waals surface area contributed by atoms with Crippen LogP contribution in [0.5, 0.6) is 0 Å². The highest BCUT2D eigenvalue weighted by molar-refractivity contribution is 5.94. The Kier molecular flexibility index (Phi) is 9.92. The van der Waals surface area contributed by atoms with Gasteiger partial charge in [-0.05, 0) is 17.5 Å². The molecule has 3 aromatic heterocycles. The number of amides is 2. The number of halogens is 3. The van der Waals surface area contributed by atoms with Crippen LogP contribution in [0.3, 0.4) is 0 Å². The van der Waals surface area contributed by atoms with Crippen LogP contribution in [0, 0.1) is 5.92 Å². The number of carbonyl (C=O) groups excluding carboxylic acids is 1. The van der Waals surface area contributed by atoms with Crippen molar-refractivity contribution in [3.05, 3.63) is 49.1 Å². The first-order valence-corrected chi connectivity index (χ1v) is 13.3. The van der Waals surface area contributed by atoms with E-state index in [9.17, 15) is 18.0 Å². The summed E-state index contributed by atoms with van der Waals surface area (Å²) in [6.45, 7) is 6.93. The van der Waals surface area contributed by atoms with Gasteiger partial charge in [0.15, 0.2) is 11.5 Å². The van der Waals surface area contributed by atoms with Gasteiger partial charge in [0.05, 0.1) is 32.1 Å². The lowest BCUT2D eigenvalue weighted by molar-refractivity contribution is -0.192. The molecule has 1 aliphatic heterocycles. The molecule has 13 nitrogen and oxygen atoms in total. The molecule has 0 unspecified atom stereocenters. The summed E-state index contributed by atoms with van der Waals surface area (Å²) in [6.07, 6.45) is 0.0514. The third kappa shape index (κ3) is 7.45. The van der Waals surface area contributed by atoms with Crippen molar-refractivity contribution >= 4 is 23.5 Å². The van der Waals surface area contributed by atoms with Gasteiger partial charge < -0.3 is 19.5 Å². The van der Waals surface area contributed by atoms with Gasteiger partial charge in [0.2, 0.25) is 0 Å². The molecule has 4 aromatic rings. The Morgan fingerprint density at radius 1 is 1.14 bits per heavy atom. The van der Waals surface area contributed by atoms with Crippen LogP contribution < -0.4 is 4.90 Å². The summed E-state index contributed by atoms with van der Waals surface area (Å²) in [7, 11) is 1.64. The Morgan fingerprint density at radius 3 is 2.44 bits per heavy atom. The molecule has 0 saturated carbocycles. The second kappa shape index (κ2) is 13.6. The minimum absolute atomic E-state index is 0.0129. The van der Waals surface area contributed by atoms with Gasteiger partial charge in [-0.25, -0.2) is 24.1 Å². The van der Waals surface area contributed by atoms with E-state index in [-0.39, 0.29) is 18.0 Å². The van der Waals surface area contributed by atoms with Crippen LogP contribution in [-0.4, -0.2) is 104 Å². The Morgan fingerprint density at radius 2 is 1.84 bits per heavy atom. The van der Waals surface area contributed by atoms with E-state index in [1.807, 2.05) is 46.3 Å². The molecule has 1 fully saturated rings. The van der Waals surface area contributed by atoms with Gasteiger partial charge >= 0.3 is 18.2 Å². The summed E-state index contributed by atoms with van der Waals surface area (Å²) >= 11 is 0. The van der Waals surface area contributed by atoms with E-state index in [2.05, 4.69) is 34.1 Å². The Balaban J connectivity index is 0.000000541. The first-order chi connectivity index (χ1) is 20.5. The number of ether oxygens (including phenoxy) is 2. The predicted molar refractivity (Wildman–Crippen MR) is 148 cm³/mol. The molecular formula is C27H31F3N8O5. The number of urea groups is 1. The highest BCUT2D eigenvalue weighted by Gasteiger charge is 2.40. The zero-order valence-electron chi connectivity index (χ0n) is 23.7. The fourth-order valence-corrected chi connectivity index (χ4v) is 4.41. The minimum atomic E-state index is -5.08. The summed E-state index contributed by atoms with van der Waals surface area (Å²) in [5.74, 6) is -1.16. The van der Waals surface area contributed by atoms with E-state index in [0.717, 1.165) is 16.7 Å². The molecule has 0 spiro atoms. The number of H-pyrrole nitrogens is 1. The van der Waals surface area contributed by atoms with Crippen LogP contribution in [-0.2, 0) is 14.3 Å². The number of alkyl halides is 3. The van der Waals surface area contributed by atoms with Crippen LogP contribution in [0.25, 0.3) is 28.2 Å². The number of anilines is 1. The van der Waals surface area contributed by atoms with E-state index >= 15 is 0 Å². The number of carboxylic acid groups (broad SMARTS) is 1. The number of nitrogens with zero attached hydrogens (tertiary/aromatic N) is 7. The number of methoxy groups -OCH3 is 1. The molecule has 1 aromatic carbocycles. The molecule has 16 heteroatoms. The standard InChI is InChI=1S/C25H30N8O3.C2HF3O2/c1-17(2)21-15-31(10-11-36-13-12-35-3)25(34)33(21)22-8-9-32-24(29-22)20(14-28-32)18-4-6-19(7-5-18)23-26-16-27-30-23;3-2(4,5)1(6)7/h4-9,14,16-17,21H,10-13,15H2,1-3H3,(H,26,27,30);(H,6,7)/t21-;/m1./s1. The number of benzene rings is 1. The second-order valence-electron chi connectivity index (χ2n) is 9.84. The van der Waals surface area contributed by atoms with Crippen molar-refractivity contribution in [3.63, 3.8) is 0 Å². The summed E-state index contributed by atoms with van der Waals surface area (Å²) in [5.41, 5.74) is 3.49. The normalized spacial score (nSPS) is 15.3. The molecule has 230 valence electrons. The summed E-state index contributed by atoms with van der Waals surface area (Å²) < 4.78 is 44.1. The van der Waals surface area contributed by atoms with Crippen LogP contribution in [0.4, 0.5) is 23.8 Å². The van der Waals surface area contributed by atoms with E-state index in [1.54, 1.807) is 17.8 Å². The molecule has 4 heterocycles. The first-order valence-electron chi connectivity index (χ1n) is 13.3. The van der Waals surface area contributed by atoms with Crippen LogP contribution >= 0.6 is 0 Å². The lowest BCUT2D eigenvalue weighted by atomic mass is 10.0. The third-order valence-corrected chi connectivity index (χ3v) is 6.65. The maximum Gasteiger partial charge on any atom is 0.490 e. The fraction of sp³-hybridized carbons (Fsp3) is 0.407. The monoisotopic (exact) mass is 604 g/mol. The van der Waals surface area contributed by atoms with E-state index in [1.165, 1.54) is 6.33 Å². The average Bonchev–Trinajstić information content (AvgIpc) is 3.72. The maximum absolute atomic E-state index is 13.4. The van der Waals surface area contributed by atoms with E-state index in [4.69, 9.17) is 24.4 Å². The van der Waals surface area contributed by atoms with E-state index < -0.39 is 12.1 Å². The van der Waals surface area contributed by atoms with Gasteiger partial charge in [0.1, 0.15) is 12.1 Å². The topological polar surface area (TPSA) is 151 Å². The molecule has 43 heavy (non-hydrogen) atoms. The first kappa shape index (κ1) is 31.4. The Labute approximate surface area is 244 Å². The molecule has 0 radical (unpaired) electrons. The van der Waals surface area contributed by atoms with Crippen molar-refractivity contribution in [2.24, 2.45) is 5.92 Å². The predicted octanol–water partition coefficient (Wildman–Crippen LogP) is 3.74. The summed E-state index contributed by atoms with van der Waals surface area (Å²) in [6, 6.07) is 9.78. The smallest absolute Gasteiger partial charge is 0.475 e. The number of carboxylic acids is 1. The van der Waals surface area contributed by atoms with Crippen molar-refractivity contribution in [2.45, 2.75) is 26.1 Å². The molecule has 1 atom stereocenters. The van der Waals surface area contributed by atoms with Crippen LogP contribution in [0.2, 0.25) is 0 Å². The van der Waals surface area contributed by atoms with E-state index in [0.29, 0.717) is 50.2 Å². The Hall–Kier alpha value is -4.57. The van der Waals surface area contributed by atoms with Gasteiger partial charge in [-0.15, -0.1) is 0 Å². The quantitative estimate of drug-likeness (QED) is 0.258. The SMILES string of the molecule is COCCOCCN1C[C@H](C(C)C)N(c2ccn3ncc(-c4ccc(-c5ncn[nH]5)cc4)c3n2)C1=O.O=C(O)C(F)(F)F. The highest BCUT2D eigenvalue weighted by atomic mass is 19.4. The van der Waals surface area contributed by atoms with Crippen LogP contribution in [0.1, 0.15) is 13.8 Å². The third-order valence-electron chi connectivity index (χ3n) is 6.65.